The number of hydrogen-bond donors (Lipinski definition) is 2. The van der Waals surface area contributed by atoms with E-state index in [9.17, 15) is 13.2 Å². The monoisotopic (exact) mass is 379 g/mol. The smallest absolute Gasteiger partial charge is 0.240 e. The first-order chi connectivity index (χ1) is 12.5. The van der Waals surface area contributed by atoms with Gasteiger partial charge in [-0.3, -0.25) is 4.79 Å². The molecule has 1 aromatic carbocycles. The Morgan fingerprint density at radius 3 is 2.69 bits per heavy atom. The molecule has 144 valence electrons. The molecule has 0 spiro atoms. The lowest BCUT2D eigenvalue weighted by Crippen LogP contribution is -2.48. The first kappa shape index (κ1) is 19.3. The number of aryl methyl sites for hydroxylation is 1. The highest BCUT2D eigenvalue weighted by atomic mass is 32.2. The predicted octanol–water partition coefficient (Wildman–Crippen LogP) is 1.51. The van der Waals surface area contributed by atoms with Gasteiger partial charge in [-0.2, -0.15) is 0 Å². The van der Waals surface area contributed by atoms with E-state index >= 15 is 0 Å². The van der Waals surface area contributed by atoms with E-state index in [1.165, 1.54) is 0 Å². The predicted molar refractivity (Wildman–Crippen MR) is 101 cm³/mol. The first-order valence-corrected chi connectivity index (χ1v) is 11.0. The number of hydrogen-bond acceptors (Lipinski definition) is 4. The number of sulfonamides is 1. The number of rotatable bonds is 5. The molecule has 2 aliphatic heterocycles. The van der Waals surface area contributed by atoms with Gasteiger partial charge in [-0.05, 0) is 57.2 Å². The van der Waals surface area contributed by atoms with Gasteiger partial charge < -0.3 is 10.2 Å². The zero-order valence-electron chi connectivity index (χ0n) is 15.4. The minimum absolute atomic E-state index is 0.0757. The van der Waals surface area contributed by atoms with Gasteiger partial charge in [-0.1, -0.05) is 17.7 Å². The molecular weight excluding hydrogens is 350 g/mol. The summed E-state index contributed by atoms with van der Waals surface area (Å²) in [7, 11) is -3.50. The normalized spacial score (nSPS) is 24.4. The topological polar surface area (TPSA) is 78.5 Å². The highest BCUT2D eigenvalue weighted by Crippen LogP contribution is 2.21. The van der Waals surface area contributed by atoms with Crippen LogP contribution < -0.4 is 10.0 Å². The molecule has 7 heteroatoms. The van der Waals surface area contributed by atoms with Crippen molar-refractivity contribution < 1.29 is 13.2 Å². The summed E-state index contributed by atoms with van der Waals surface area (Å²) in [6, 6.07) is 6.86. The highest BCUT2D eigenvalue weighted by Gasteiger charge is 2.30. The van der Waals surface area contributed by atoms with E-state index in [-0.39, 0.29) is 17.7 Å². The molecule has 2 atom stereocenters. The van der Waals surface area contributed by atoms with Gasteiger partial charge in [-0.25, -0.2) is 13.1 Å². The summed E-state index contributed by atoms with van der Waals surface area (Å²) in [5.74, 6) is 0.472. The molecule has 2 unspecified atom stereocenters. The quantitative estimate of drug-likeness (QED) is 0.813. The molecule has 26 heavy (non-hydrogen) atoms. The number of piperidine rings is 2. The molecule has 0 aromatic heterocycles. The molecule has 2 N–H and O–H groups in total. The van der Waals surface area contributed by atoms with E-state index in [0.717, 1.165) is 50.9 Å². The fourth-order valence-corrected chi connectivity index (χ4v) is 4.90. The second kappa shape index (κ2) is 8.50. The molecule has 0 radical (unpaired) electrons. The number of carbonyl (C=O) groups is 1. The van der Waals surface area contributed by atoms with Crippen LogP contribution in [0, 0.1) is 18.8 Å². The van der Waals surface area contributed by atoms with Crippen LogP contribution in [-0.2, 0) is 14.8 Å². The van der Waals surface area contributed by atoms with Crippen molar-refractivity contribution in [2.45, 2.75) is 37.5 Å². The van der Waals surface area contributed by atoms with Crippen LogP contribution in [0.15, 0.2) is 29.2 Å². The summed E-state index contributed by atoms with van der Waals surface area (Å²) in [5.41, 5.74) is 1.03. The van der Waals surface area contributed by atoms with Gasteiger partial charge in [-0.15, -0.1) is 0 Å². The van der Waals surface area contributed by atoms with E-state index in [2.05, 4.69) is 10.0 Å². The fraction of sp³-hybridized carbons (Fsp3) is 0.632. The number of carbonyl (C=O) groups excluding carboxylic acids is 1. The Morgan fingerprint density at radius 1 is 1.23 bits per heavy atom. The van der Waals surface area contributed by atoms with Crippen molar-refractivity contribution in [1.29, 1.82) is 0 Å². The lowest BCUT2D eigenvalue weighted by atomic mass is 9.94. The van der Waals surface area contributed by atoms with Gasteiger partial charge in [0.1, 0.15) is 0 Å². The lowest BCUT2D eigenvalue weighted by Gasteiger charge is -2.36. The van der Waals surface area contributed by atoms with Gasteiger partial charge in [0.25, 0.3) is 0 Å². The molecule has 2 heterocycles. The van der Waals surface area contributed by atoms with Crippen LogP contribution in [0.2, 0.25) is 0 Å². The number of nitrogens with one attached hydrogen (secondary N) is 2. The average molecular weight is 380 g/mol. The molecule has 6 nitrogen and oxygen atoms in total. The lowest BCUT2D eigenvalue weighted by molar-refractivity contribution is -0.137. The minimum Gasteiger partial charge on any atom is -0.342 e. The van der Waals surface area contributed by atoms with Crippen molar-refractivity contribution in [1.82, 2.24) is 14.9 Å². The summed E-state index contributed by atoms with van der Waals surface area (Å²) in [6.45, 7) is 5.50. The maximum atomic E-state index is 12.7. The average Bonchev–Trinajstić information content (AvgIpc) is 2.67. The van der Waals surface area contributed by atoms with Gasteiger partial charge in [0.2, 0.25) is 15.9 Å². The third-order valence-corrected chi connectivity index (χ3v) is 6.81. The van der Waals surface area contributed by atoms with Crippen LogP contribution in [0.25, 0.3) is 0 Å². The fourth-order valence-electron chi connectivity index (χ4n) is 3.78. The summed E-state index contributed by atoms with van der Waals surface area (Å²) in [6.07, 6.45) is 3.88. The number of amides is 1. The van der Waals surface area contributed by atoms with E-state index < -0.39 is 10.0 Å². The SMILES string of the molecule is Cc1ccc(S(=O)(=O)NCC2CCCN(C(=O)C3CCCNC3)C2)cc1. The van der Waals surface area contributed by atoms with Crippen LogP contribution in [0.5, 0.6) is 0 Å². The van der Waals surface area contributed by atoms with Crippen molar-refractivity contribution in [2.24, 2.45) is 11.8 Å². The van der Waals surface area contributed by atoms with Crippen molar-refractivity contribution in [3.8, 4) is 0 Å². The Bertz CT molecular complexity index is 712. The Hall–Kier alpha value is -1.44. The summed E-state index contributed by atoms with van der Waals surface area (Å²) >= 11 is 0. The van der Waals surface area contributed by atoms with Crippen LogP contribution in [0.1, 0.15) is 31.2 Å². The summed E-state index contributed by atoms with van der Waals surface area (Å²) in [5, 5.41) is 3.29. The van der Waals surface area contributed by atoms with Gasteiger partial charge >= 0.3 is 0 Å². The van der Waals surface area contributed by atoms with Crippen molar-refractivity contribution in [3.63, 3.8) is 0 Å². The second-order valence-electron chi connectivity index (χ2n) is 7.50. The Labute approximate surface area is 156 Å². The maximum Gasteiger partial charge on any atom is 0.240 e. The van der Waals surface area contributed by atoms with Gasteiger partial charge in [0.05, 0.1) is 10.8 Å². The van der Waals surface area contributed by atoms with E-state index in [1.54, 1.807) is 24.3 Å². The zero-order valence-corrected chi connectivity index (χ0v) is 16.2. The Balaban J connectivity index is 1.54. The highest BCUT2D eigenvalue weighted by molar-refractivity contribution is 7.89. The van der Waals surface area contributed by atoms with E-state index in [0.29, 0.717) is 18.0 Å². The summed E-state index contributed by atoms with van der Waals surface area (Å²) < 4.78 is 27.6. The molecule has 2 fully saturated rings. The second-order valence-corrected chi connectivity index (χ2v) is 9.27. The third kappa shape index (κ3) is 4.84. The molecule has 2 aliphatic rings. The van der Waals surface area contributed by atoms with Crippen LogP contribution in [-0.4, -0.2) is 51.9 Å². The Morgan fingerprint density at radius 2 is 2.00 bits per heavy atom. The van der Waals surface area contributed by atoms with Crippen molar-refractivity contribution in [3.05, 3.63) is 29.8 Å². The molecule has 0 saturated carbocycles. The van der Waals surface area contributed by atoms with E-state index in [4.69, 9.17) is 0 Å². The molecule has 1 aromatic rings. The number of nitrogens with zero attached hydrogens (tertiary/aromatic N) is 1. The van der Waals surface area contributed by atoms with Crippen molar-refractivity contribution in [2.75, 3.05) is 32.7 Å². The Kier molecular flexibility index (Phi) is 6.32. The first-order valence-electron chi connectivity index (χ1n) is 9.51. The summed E-state index contributed by atoms with van der Waals surface area (Å²) in [4.78, 5) is 14.9. The standard InChI is InChI=1S/C19H29N3O3S/c1-15-6-8-18(9-7-15)26(24,25)21-12-16-4-3-11-22(14-16)19(23)17-5-2-10-20-13-17/h6-9,16-17,20-21H,2-5,10-14H2,1H3. The molecule has 0 aliphatic carbocycles. The number of likely N-dealkylation sites (tertiary alicyclic amines) is 1. The molecule has 0 bridgehead atoms. The molecule has 1 amide bonds. The zero-order chi connectivity index (χ0) is 18.6. The van der Waals surface area contributed by atoms with E-state index in [1.807, 2.05) is 11.8 Å². The third-order valence-electron chi connectivity index (χ3n) is 5.37. The van der Waals surface area contributed by atoms with Crippen molar-refractivity contribution >= 4 is 15.9 Å². The van der Waals surface area contributed by atoms with Gasteiger partial charge in [0, 0.05) is 26.2 Å². The maximum absolute atomic E-state index is 12.7. The molecule has 2 saturated heterocycles. The van der Waals surface area contributed by atoms with Crippen LogP contribution in [0.4, 0.5) is 0 Å². The minimum atomic E-state index is -3.50. The molecule has 3 rings (SSSR count). The van der Waals surface area contributed by atoms with Gasteiger partial charge in [0.15, 0.2) is 0 Å². The number of benzene rings is 1. The molecular formula is C19H29N3O3S. The van der Waals surface area contributed by atoms with Crippen LogP contribution in [0.3, 0.4) is 0 Å². The van der Waals surface area contributed by atoms with Crippen LogP contribution >= 0.6 is 0 Å². The largest absolute Gasteiger partial charge is 0.342 e.